The number of hydrogen-bond acceptors (Lipinski definition) is 3. The van der Waals surface area contributed by atoms with Crippen molar-refractivity contribution in [2.24, 2.45) is 0 Å². The average molecular weight is 268 g/mol. The van der Waals surface area contributed by atoms with Crippen LogP contribution in [0.5, 0.6) is 0 Å². The lowest BCUT2D eigenvalue weighted by Crippen LogP contribution is -2.30. The van der Waals surface area contributed by atoms with Crippen LogP contribution in [-0.4, -0.2) is 28.8 Å². The van der Waals surface area contributed by atoms with Gasteiger partial charge in [-0.3, -0.25) is 14.7 Å². The molecule has 20 heavy (non-hydrogen) atoms. The van der Waals surface area contributed by atoms with E-state index in [1.54, 1.807) is 12.4 Å². The van der Waals surface area contributed by atoms with Crippen LogP contribution in [0.1, 0.15) is 18.1 Å². The van der Waals surface area contributed by atoms with E-state index in [9.17, 15) is 4.79 Å². The van der Waals surface area contributed by atoms with Gasteiger partial charge in [-0.05, 0) is 29.8 Å². The molecule has 1 aromatic carbocycles. The standard InChI is InChI=1S/C17H20N2O/c1-2-19(13-16-8-10-18-11-9-16)14-17(20)12-15-6-4-3-5-7-15/h3-11H,2,12-14H2,1H3. The van der Waals surface area contributed by atoms with Crippen molar-refractivity contribution in [3.63, 3.8) is 0 Å². The highest BCUT2D eigenvalue weighted by Gasteiger charge is 2.10. The Morgan fingerprint density at radius 1 is 1.05 bits per heavy atom. The lowest BCUT2D eigenvalue weighted by atomic mass is 10.1. The molecule has 104 valence electrons. The van der Waals surface area contributed by atoms with Gasteiger partial charge in [0, 0.05) is 25.4 Å². The summed E-state index contributed by atoms with van der Waals surface area (Å²) in [7, 11) is 0. The van der Waals surface area contributed by atoms with Crippen molar-refractivity contribution in [3.8, 4) is 0 Å². The van der Waals surface area contributed by atoms with Gasteiger partial charge in [-0.1, -0.05) is 37.3 Å². The van der Waals surface area contributed by atoms with Gasteiger partial charge in [0.1, 0.15) is 0 Å². The van der Waals surface area contributed by atoms with Gasteiger partial charge in [0.2, 0.25) is 0 Å². The number of likely N-dealkylation sites (N-methyl/N-ethyl adjacent to an activating group) is 1. The van der Waals surface area contributed by atoms with Gasteiger partial charge in [0.05, 0.1) is 6.54 Å². The van der Waals surface area contributed by atoms with Gasteiger partial charge < -0.3 is 0 Å². The molecule has 0 aliphatic carbocycles. The summed E-state index contributed by atoms with van der Waals surface area (Å²) >= 11 is 0. The molecule has 0 aliphatic heterocycles. The van der Waals surface area contributed by atoms with Gasteiger partial charge in [0.15, 0.2) is 5.78 Å². The first kappa shape index (κ1) is 14.4. The van der Waals surface area contributed by atoms with Crippen LogP contribution in [-0.2, 0) is 17.8 Å². The third-order valence-corrected chi connectivity index (χ3v) is 3.25. The fourth-order valence-corrected chi connectivity index (χ4v) is 2.15. The first-order valence-corrected chi connectivity index (χ1v) is 6.95. The Labute approximate surface area is 120 Å². The van der Waals surface area contributed by atoms with Gasteiger partial charge in [-0.25, -0.2) is 0 Å². The predicted octanol–water partition coefficient (Wildman–Crippen LogP) is 2.72. The summed E-state index contributed by atoms with van der Waals surface area (Å²) in [6, 6.07) is 13.9. The highest BCUT2D eigenvalue weighted by Crippen LogP contribution is 2.05. The van der Waals surface area contributed by atoms with Crippen LogP contribution >= 0.6 is 0 Å². The molecule has 3 nitrogen and oxygen atoms in total. The first-order chi connectivity index (χ1) is 9.78. The lowest BCUT2D eigenvalue weighted by molar-refractivity contribution is -0.119. The Bertz CT molecular complexity index is 525. The van der Waals surface area contributed by atoms with Crippen molar-refractivity contribution in [3.05, 3.63) is 66.0 Å². The zero-order chi connectivity index (χ0) is 14.2. The van der Waals surface area contributed by atoms with E-state index in [0.717, 1.165) is 18.7 Å². The van der Waals surface area contributed by atoms with Gasteiger partial charge in [-0.15, -0.1) is 0 Å². The predicted molar refractivity (Wildman–Crippen MR) is 80.3 cm³/mol. The number of benzene rings is 1. The molecule has 0 bridgehead atoms. The second kappa shape index (κ2) is 7.56. The molecule has 1 aromatic heterocycles. The summed E-state index contributed by atoms with van der Waals surface area (Å²) < 4.78 is 0. The van der Waals surface area contributed by atoms with Gasteiger partial charge in [0.25, 0.3) is 0 Å². The molecular formula is C17H20N2O. The van der Waals surface area contributed by atoms with Crippen LogP contribution in [0, 0.1) is 0 Å². The molecule has 2 rings (SSSR count). The molecule has 0 radical (unpaired) electrons. The summed E-state index contributed by atoms with van der Waals surface area (Å²) in [5.41, 5.74) is 2.27. The number of rotatable bonds is 7. The van der Waals surface area contributed by atoms with Gasteiger partial charge >= 0.3 is 0 Å². The molecule has 0 saturated heterocycles. The number of carbonyl (C=O) groups is 1. The van der Waals surface area contributed by atoms with Crippen molar-refractivity contribution in [1.82, 2.24) is 9.88 Å². The largest absolute Gasteiger partial charge is 0.298 e. The maximum Gasteiger partial charge on any atom is 0.151 e. The monoisotopic (exact) mass is 268 g/mol. The Kier molecular flexibility index (Phi) is 5.44. The van der Waals surface area contributed by atoms with Crippen LogP contribution in [0.25, 0.3) is 0 Å². The van der Waals surface area contributed by atoms with E-state index in [1.165, 1.54) is 5.56 Å². The minimum absolute atomic E-state index is 0.257. The summed E-state index contributed by atoms with van der Waals surface area (Å²) in [6.45, 7) is 4.23. The second-order valence-electron chi connectivity index (χ2n) is 4.86. The van der Waals surface area contributed by atoms with Crippen molar-refractivity contribution < 1.29 is 4.79 Å². The van der Waals surface area contributed by atoms with Crippen molar-refractivity contribution in [2.45, 2.75) is 19.9 Å². The van der Waals surface area contributed by atoms with E-state index in [-0.39, 0.29) is 5.78 Å². The Morgan fingerprint density at radius 3 is 2.40 bits per heavy atom. The minimum Gasteiger partial charge on any atom is -0.298 e. The Morgan fingerprint density at radius 2 is 1.75 bits per heavy atom. The van der Waals surface area contributed by atoms with E-state index in [0.29, 0.717) is 13.0 Å². The summed E-state index contributed by atoms with van der Waals surface area (Å²) in [5.74, 6) is 0.257. The average Bonchev–Trinajstić information content (AvgIpc) is 2.48. The molecule has 1 heterocycles. The van der Waals surface area contributed by atoms with Crippen LogP contribution in [0.2, 0.25) is 0 Å². The van der Waals surface area contributed by atoms with E-state index in [4.69, 9.17) is 0 Å². The van der Waals surface area contributed by atoms with Crippen LogP contribution in [0.4, 0.5) is 0 Å². The topological polar surface area (TPSA) is 33.2 Å². The molecule has 3 heteroatoms. The molecular weight excluding hydrogens is 248 g/mol. The zero-order valence-electron chi connectivity index (χ0n) is 11.8. The molecule has 0 atom stereocenters. The lowest BCUT2D eigenvalue weighted by Gasteiger charge is -2.19. The van der Waals surface area contributed by atoms with E-state index >= 15 is 0 Å². The highest BCUT2D eigenvalue weighted by atomic mass is 16.1. The molecule has 0 fully saturated rings. The summed E-state index contributed by atoms with van der Waals surface area (Å²) in [5, 5.41) is 0. The van der Waals surface area contributed by atoms with Crippen LogP contribution in [0.3, 0.4) is 0 Å². The zero-order valence-corrected chi connectivity index (χ0v) is 11.8. The summed E-state index contributed by atoms with van der Waals surface area (Å²) in [6.07, 6.45) is 4.08. The normalized spacial score (nSPS) is 10.7. The number of Topliss-reactive ketones (excluding diaryl/α,β-unsaturated/α-hetero) is 1. The van der Waals surface area contributed by atoms with Gasteiger partial charge in [-0.2, -0.15) is 0 Å². The molecule has 0 aliphatic rings. The maximum absolute atomic E-state index is 12.1. The minimum atomic E-state index is 0.257. The molecule has 0 unspecified atom stereocenters. The van der Waals surface area contributed by atoms with E-state index in [2.05, 4.69) is 16.8 Å². The van der Waals surface area contributed by atoms with E-state index in [1.807, 2.05) is 42.5 Å². The van der Waals surface area contributed by atoms with Crippen LogP contribution in [0.15, 0.2) is 54.9 Å². The second-order valence-corrected chi connectivity index (χ2v) is 4.86. The molecule has 0 amide bonds. The number of hydrogen-bond donors (Lipinski definition) is 0. The van der Waals surface area contributed by atoms with Crippen molar-refractivity contribution in [2.75, 3.05) is 13.1 Å². The number of ketones is 1. The third-order valence-electron chi connectivity index (χ3n) is 3.25. The number of carbonyl (C=O) groups excluding carboxylic acids is 1. The smallest absolute Gasteiger partial charge is 0.151 e. The number of pyridine rings is 1. The summed E-state index contributed by atoms with van der Waals surface area (Å²) in [4.78, 5) is 18.3. The highest BCUT2D eigenvalue weighted by molar-refractivity contribution is 5.82. The molecule has 0 saturated carbocycles. The molecule has 2 aromatic rings. The number of aromatic nitrogens is 1. The first-order valence-electron chi connectivity index (χ1n) is 6.95. The van der Waals surface area contributed by atoms with E-state index < -0.39 is 0 Å². The van der Waals surface area contributed by atoms with Crippen molar-refractivity contribution >= 4 is 5.78 Å². The SMILES string of the molecule is CCN(CC(=O)Cc1ccccc1)Cc1ccncc1. The number of nitrogens with zero attached hydrogens (tertiary/aromatic N) is 2. The van der Waals surface area contributed by atoms with Crippen molar-refractivity contribution in [1.29, 1.82) is 0 Å². The molecule has 0 N–H and O–H groups in total. The molecule has 0 spiro atoms. The fraction of sp³-hybridized carbons (Fsp3) is 0.294. The third kappa shape index (κ3) is 4.59. The fourth-order valence-electron chi connectivity index (χ4n) is 2.15. The van der Waals surface area contributed by atoms with Crippen LogP contribution < -0.4 is 0 Å². The quantitative estimate of drug-likeness (QED) is 0.774. The Balaban J connectivity index is 1.88. The Hall–Kier alpha value is -2.00. The maximum atomic E-state index is 12.1.